The van der Waals surface area contributed by atoms with Crippen LogP contribution in [-0.2, 0) is 15.5 Å². The largest absolute Gasteiger partial charge is 0.469 e. The molecule has 1 aromatic heterocycles. The molecule has 0 aliphatic heterocycles. The first-order chi connectivity index (χ1) is 16.5. The molecule has 1 heterocycles. The average Bonchev–Trinajstić information content (AvgIpc) is 2.83. The molecule has 0 saturated carbocycles. The monoisotopic (exact) mass is 519 g/mol. The van der Waals surface area contributed by atoms with Crippen LogP contribution in [0, 0.1) is 5.82 Å². The Morgan fingerprint density at radius 1 is 0.971 bits per heavy atom. The van der Waals surface area contributed by atoms with E-state index in [-0.39, 0.29) is 17.7 Å². The maximum atomic E-state index is 13.2. The van der Waals surface area contributed by atoms with E-state index in [9.17, 15) is 18.9 Å². The minimum absolute atomic E-state index is 0.144. The number of phosphoric acid groups is 1. The minimum Gasteiger partial charge on any atom is -0.457 e. The maximum absolute atomic E-state index is 13.2. The van der Waals surface area contributed by atoms with Crippen LogP contribution >= 0.6 is 19.2 Å². The maximum Gasteiger partial charge on any atom is 0.469 e. The van der Waals surface area contributed by atoms with Gasteiger partial charge in [0, 0.05) is 20.2 Å². The third kappa shape index (κ3) is 6.31. The van der Waals surface area contributed by atoms with Gasteiger partial charge >= 0.3 is 7.82 Å². The molecular weight excluding hydrogens is 496 g/mol. The smallest absolute Gasteiger partial charge is 0.457 e. The second-order valence-electron chi connectivity index (χ2n) is 8.26. The topological polar surface area (TPSA) is 139 Å². The van der Waals surface area contributed by atoms with Gasteiger partial charge in [-0.3, -0.25) is 9.32 Å². The van der Waals surface area contributed by atoms with E-state index in [1.165, 1.54) is 35.6 Å². The van der Waals surface area contributed by atoms with Gasteiger partial charge in [-0.15, -0.1) is 11.3 Å². The Morgan fingerprint density at radius 3 is 2.37 bits per heavy atom. The molecule has 184 valence electrons. The molecule has 4 aromatic rings. The van der Waals surface area contributed by atoms with Crippen LogP contribution < -0.4 is 15.9 Å². The Kier molecular flexibility index (Phi) is 7.35. The fourth-order valence-corrected chi connectivity index (χ4v) is 5.05. The lowest BCUT2D eigenvalue weighted by Gasteiger charge is -2.27. The fourth-order valence-electron chi connectivity index (χ4n) is 3.54. The number of rotatable bonds is 9. The highest BCUT2D eigenvalue weighted by molar-refractivity contribution is 7.46. The summed E-state index contributed by atoms with van der Waals surface area (Å²) in [7, 11) is -4.71. The van der Waals surface area contributed by atoms with Crippen LogP contribution in [0.4, 0.5) is 4.39 Å². The number of phosphoric ester groups is 1. The molecule has 5 N–H and O–H groups in total. The summed E-state index contributed by atoms with van der Waals surface area (Å²) in [6.45, 7) is -1.04. The van der Waals surface area contributed by atoms with Crippen LogP contribution in [-0.4, -0.2) is 33.6 Å². The van der Waals surface area contributed by atoms with Crippen LogP contribution in [0.25, 0.3) is 20.2 Å². The van der Waals surface area contributed by atoms with Gasteiger partial charge < -0.3 is 25.4 Å². The number of hydrogen-bond acceptors (Lipinski definition) is 7. The van der Waals surface area contributed by atoms with Crippen molar-refractivity contribution in [2.75, 3.05) is 13.2 Å². The molecule has 8 nitrogen and oxygen atoms in total. The van der Waals surface area contributed by atoms with Crippen molar-refractivity contribution in [2.24, 2.45) is 5.73 Å². The highest BCUT2D eigenvalue weighted by Gasteiger charge is 2.28. The van der Waals surface area contributed by atoms with Crippen molar-refractivity contribution in [3.63, 3.8) is 0 Å². The molecule has 0 fully saturated rings. The fraction of sp³-hybridized carbons (Fsp3) is 0.208. The third-order valence-electron chi connectivity index (χ3n) is 5.50. The van der Waals surface area contributed by atoms with Crippen LogP contribution in [0.5, 0.6) is 11.5 Å². The Morgan fingerprint density at radius 2 is 1.69 bits per heavy atom. The van der Waals surface area contributed by atoms with E-state index in [1.807, 2.05) is 12.1 Å². The van der Waals surface area contributed by atoms with Crippen LogP contribution in [0.1, 0.15) is 12.0 Å². The van der Waals surface area contributed by atoms with Crippen molar-refractivity contribution in [2.45, 2.75) is 18.4 Å². The van der Waals surface area contributed by atoms with Gasteiger partial charge in [0.2, 0.25) is 0 Å². The molecule has 0 spiro atoms. The number of hydrogen-bond donors (Lipinski definition) is 4. The second kappa shape index (κ2) is 10.1. The Labute approximate surface area is 203 Å². The van der Waals surface area contributed by atoms with Crippen molar-refractivity contribution >= 4 is 39.3 Å². The van der Waals surface area contributed by atoms with Gasteiger partial charge in [-0.25, -0.2) is 8.96 Å². The van der Waals surface area contributed by atoms with Crippen molar-refractivity contribution in [3.05, 3.63) is 82.3 Å². The lowest BCUT2D eigenvalue weighted by atomic mass is 9.93. The highest BCUT2D eigenvalue weighted by Crippen LogP contribution is 2.37. The molecule has 35 heavy (non-hydrogen) atoms. The molecule has 1 unspecified atom stereocenters. The summed E-state index contributed by atoms with van der Waals surface area (Å²) in [5.41, 5.74) is 5.34. The predicted octanol–water partition coefficient (Wildman–Crippen LogP) is 4.08. The zero-order valence-electron chi connectivity index (χ0n) is 18.4. The number of ether oxygens (including phenoxy) is 1. The molecule has 0 bridgehead atoms. The van der Waals surface area contributed by atoms with E-state index >= 15 is 0 Å². The predicted molar refractivity (Wildman–Crippen MR) is 132 cm³/mol. The van der Waals surface area contributed by atoms with Gasteiger partial charge in [0.1, 0.15) is 17.3 Å². The molecule has 4 rings (SSSR count). The minimum atomic E-state index is -4.71. The second-order valence-corrected chi connectivity index (χ2v) is 10.6. The Balaban J connectivity index is 1.57. The van der Waals surface area contributed by atoms with Crippen molar-refractivity contribution in [3.8, 4) is 11.5 Å². The molecule has 0 aliphatic carbocycles. The summed E-state index contributed by atoms with van der Waals surface area (Å²) in [6, 6.07) is 16.2. The molecule has 0 amide bonds. The van der Waals surface area contributed by atoms with Crippen LogP contribution in [0.15, 0.2) is 65.5 Å². The average molecular weight is 519 g/mol. The zero-order valence-corrected chi connectivity index (χ0v) is 20.1. The molecule has 0 aliphatic rings. The van der Waals surface area contributed by atoms with Crippen LogP contribution in [0.2, 0.25) is 0 Å². The molecule has 0 radical (unpaired) electrons. The number of nitrogens with two attached hydrogens (primary N) is 1. The number of fused-ring (bicyclic) bond motifs is 2. The van der Waals surface area contributed by atoms with Gasteiger partial charge in [0.05, 0.1) is 18.8 Å². The van der Waals surface area contributed by atoms with E-state index in [2.05, 4.69) is 4.52 Å². The summed E-state index contributed by atoms with van der Waals surface area (Å²) < 4.78 is 35.8. The van der Waals surface area contributed by atoms with Crippen molar-refractivity contribution in [1.29, 1.82) is 0 Å². The van der Waals surface area contributed by atoms with Gasteiger partial charge in [-0.1, -0.05) is 6.07 Å². The van der Waals surface area contributed by atoms with Crippen LogP contribution in [0.3, 0.4) is 0 Å². The normalized spacial score (nSPS) is 13.7. The summed E-state index contributed by atoms with van der Waals surface area (Å²) in [6.07, 6.45) is 0.550. The number of aliphatic hydroxyl groups excluding tert-OH is 1. The molecule has 3 aromatic carbocycles. The molecule has 0 saturated heterocycles. The van der Waals surface area contributed by atoms with E-state index in [4.69, 9.17) is 20.3 Å². The van der Waals surface area contributed by atoms with E-state index in [0.29, 0.717) is 28.7 Å². The highest BCUT2D eigenvalue weighted by atomic mass is 32.1. The first-order valence-electron chi connectivity index (χ1n) is 10.6. The van der Waals surface area contributed by atoms with Gasteiger partial charge in [-0.2, -0.15) is 0 Å². The first kappa shape index (κ1) is 25.4. The summed E-state index contributed by atoms with van der Waals surface area (Å²) in [5, 5.41) is 10.7. The molecular formula is C24H23FNO7PS. The summed E-state index contributed by atoms with van der Waals surface area (Å²) in [4.78, 5) is 31.0. The third-order valence-corrected chi connectivity index (χ3v) is 7.10. The van der Waals surface area contributed by atoms with Gasteiger partial charge in [0.15, 0.2) is 5.43 Å². The number of aryl methyl sites for hydroxylation is 1. The molecule has 11 heteroatoms. The molecule has 1 atom stereocenters. The standard InChI is InChI=1S/C24H23FNO7PS/c25-16-2-4-17(5-3-16)33-18-6-7-19-22(12-18)35-21-8-1-15(11-20(21)23(19)28)9-10-24(26,13-27)14-32-34(29,30)31/h1-8,11-12,27H,9-10,13-14,26H2,(H2,29,30,31). The Hall–Kier alpha value is -2.69. The van der Waals surface area contributed by atoms with E-state index in [0.717, 1.165) is 15.0 Å². The number of benzene rings is 3. The summed E-state index contributed by atoms with van der Waals surface area (Å²) in [5.74, 6) is 0.646. The van der Waals surface area contributed by atoms with Crippen molar-refractivity contribution in [1.82, 2.24) is 0 Å². The first-order valence-corrected chi connectivity index (χ1v) is 12.9. The quantitative estimate of drug-likeness (QED) is 0.192. The Bertz CT molecular complexity index is 1470. The van der Waals surface area contributed by atoms with E-state index in [1.54, 1.807) is 24.3 Å². The van der Waals surface area contributed by atoms with Gasteiger partial charge in [0.25, 0.3) is 0 Å². The van der Waals surface area contributed by atoms with E-state index < -0.39 is 26.6 Å². The summed E-state index contributed by atoms with van der Waals surface area (Å²) >= 11 is 1.43. The SMILES string of the molecule is NC(CO)(CCc1ccc2sc3cc(Oc4ccc(F)cc4)ccc3c(=O)c2c1)COP(=O)(O)O. The lowest BCUT2D eigenvalue weighted by Crippen LogP contribution is -2.48. The zero-order chi connectivity index (χ0) is 25.2. The lowest BCUT2D eigenvalue weighted by molar-refractivity contribution is 0.102. The van der Waals surface area contributed by atoms with Crippen molar-refractivity contribution < 1.29 is 33.1 Å². The number of halogens is 1. The van der Waals surface area contributed by atoms with Gasteiger partial charge in [-0.05, 0) is 73.0 Å². The number of aliphatic hydroxyl groups is 1.